The van der Waals surface area contributed by atoms with Crippen LogP contribution in [0.4, 0.5) is 0 Å². The molecule has 8 unspecified atom stereocenters. The molecule has 0 saturated carbocycles. The van der Waals surface area contributed by atoms with Crippen LogP contribution in [0.25, 0.3) is 0 Å². The van der Waals surface area contributed by atoms with Crippen molar-refractivity contribution in [1.29, 1.82) is 0 Å². The molecule has 1 fully saturated rings. The van der Waals surface area contributed by atoms with E-state index in [1.807, 2.05) is 0 Å². The number of aliphatic hydroxyl groups is 4. The summed E-state index contributed by atoms with van der Waals surface area (Å²) in [6, 6.07) is 0. The summed E-state index contributed by atoms with van der Waals surface area (Å²) in [5.74, 6) is -2.82. The van der Waals surface area contributed by atoms with Gasteiger partial charge in [0.1, 0.15) is 31.0 Å². The van der Waals surface area contributed by atoms with Crippen LogP contribution in [0, 0.1) is 11.8 Å². The fraction of sp³-hybridized carbons (Fsp3) is 0.667. The summed E-state index contributed by atoms with van der Waals surface area (Å²) in [6.45, 7) is 0.541. The zero-order valence-corrected chi connectivity index (χ0v) is 15.6. The van der Waals surface area contributed by atoms with Crippen LogP contribution in [-0.4, -0.2) is 87.7 Å². The molecule has 2 heterocycles. The molecule has 11 heteroatoms. The Morgan fingerprint density at radius 3 is 2.52 bits per heavy atom. The minimum atomic E-state index is -1.64. The average Bonchev–Trinajstić information content (AvgIpc) is 3.11. The number of carboxylic acids is 1. The van der Waals surface area contributed by atoms with Crippen LogP contribution >= 0.6 is 0 Å². The SMILES string of the molecule is CC(=O)OCC1=CCC2C(C(=O)O)=COC(OC3OC(CO)C(O)C(O)C3O)C12. The molecule has 0 radical (unpaired) electrons. The zero-order valence-electron chi connectivity index (χ0n) is 15.6. The minimum Gasteiger partial charge on any atom is -0.478 e. The lowest BCUT2D eigenvalue weighted by Gasteiger charge is -2.42. The molecule has 3 aliphatic rings. The lowest BCUT2D eigenvalue weighted by molar-refractivity contribution is -0.339. The number of fused-ring (bicyclic) bond motifs is 1. The first-order valence-corrected chi connectivity index (χ1v) is 9.11. The molecule has 0 aromatic rings. The highest BCUT2D eigenvalue weighted by Crippen LogP contribution is 2.44. The van der Waals surface area contributed by atoms with Gasteiger partial charge in [-0.05, 0) is 12.0 Å². The topological polar surface area (TPSA) is 172 Å². The van der Waals surface area contributed by atoms with Crippen LogP contribution in [0.5, 0.6) is 0 Å². The Morgan fingerprint density at radius 1 is 1.17 bits per heavy atom. The number of carbonyl (C=O) groups excluding carboxylic acids is 1. The Kier molecular flexibility index (Phi) is 6.56. The Labute approximate surface area is 165 Å². The van der Waals surface area contributed by atoms with E-state index in [4.69, 9.17) is 18.9 Å². The van der Waals surface area contributed by atoms with Crippen LogP contribution in [0.3, 0.4) is 0 Å². The van der Waals surface area contributed by atoms with Crippen molar-refractivity contribution in [2.24, 2.45) is 11.8 Å². The number of carbonyl (C=O) groups is 2. The van der Waals surface area contributed by atoms with Crippen molar-refractivity contribution < 1.29 is 54.1 Å². The van der Waals surface area contributed by atoms with Crippen molar-refractivity contribution in [2.75, 3.05) is 13.2 Å². The van der Waals surface area contributed by atoms with Gasteiger partial charge in [-0.3, -0.25) is 4.79 Å². The molecule has 8 atom stereocenters. The van der Waals surface area contributed by atoms with Crippen LogP contribution in [0.1, 0.15) is 13.3 Å². The highest BCUT2D eigenvalue weighted by atomic mass is 16.8. The van der Waals surface area contributed by atoms with Crippen molar-refractivity contribution in [3.63, 3.8) is 0 Å². The zero-order chi connectivity index (χ0) is 21.3. The van der Waals surface area contributed by atoms with Crippen LogP contribution in [0.2, 0.25) is 0 Å². The van der Waals surface area contributed by atoms with Gasteiger partial charge in [0, 0.05) is 12.8 Å². The second-order valence-corrected chi connectivity index (χ2v) is 7.14. The van der Waals surface area contributed by atoms with E-state index in [0.717, 1.165) is 6.26 Å². The highest BCUT2D eigenvalue weighted by Gasteiger charge is 2.49. The third-order valence-corrected chi connectivity index (χ3v) is 5.32. The molecule has 3 rings (SSSR count). The van der Waals surface area contributed by atoms with Gasteiger partial charge in [-0.2, -0.15) is 0 Å². The fourth-order valence-corrected chi connectivity index (χ4v) is 3.79. The van der Waals surface area contributed by atoms with Gasteiger partial charge in [0.25, 0.3) is 0 Å². The number of aliphatic hydroxyl groups excluding tert-OH is 4. The number of esters is 1. The van der Waals surface area contributed by atoms with Gasteiger partial charge in [-0.1, -0.05) is 6.08 Å². The lowest BCUT2D eigenvalue weighted by Crippen LogP contribution is -2.60. The third-order valence-electron chi connectivity index (χ3n) is 5.32. The second kappa shape index (κ2) is 8.78. The van der Waals surface area contributed by atoms with Crippen molar-refractivity contribution >= 4 is 11.9 Å². The quantitative estimate of drug-likeness (QED) is 0.246. The maximum atomic E-state index is 11.5. The first-order chi connectivity index (χ1) is 13.7. The minimum absolute atomic E-state index is 0.0257. The molecular formula is C18H24O11. The van der Waals surface area contributed by atoms with Gasteiger partial charge < -0.3 is 44.5 Å². The van der Waals surface area contributed by atoms with E-state index >= 15 is 0 Å². The highest BCUT2D eigenvalue weighted by molar-refractivity contribution is 5.87. The number of rotatable bonds is 6. The smallest absolute Gasteiger partial charge is 0.335 e. The molecule has 29 heavy (non-hydrogen) atoms. The average molecular weight is 416 g/mol. The van der Waals surface area contributed by atoms with Crippen molar-refractivity contribution in [3.05, 3.63) is 23.5 Å². The first-order valence-electron chi connectivity index (χ1n) is 9.11. The molecule has 1 aliphatic carbocycles. The third kappa shape index (κ3) is 4.29. The van der Waals surface area contributed by atoms with Crippen LogP contribution < -0.4 is 0 Å². The second-order valence-electron chi connectivity index (χ2n) is 7.14. The standard InChI is InChI=1S/C18H24O11/c1-7(20)26-5-8-2-3-9-10(16(24)25)6-27-17(12(8)9)29-18-15(23)14(22)13(21)11(4-19)28-18/h2,6,9,11-15,17-19,21-23H,3-5H2,1H3,(H,24,25). The molecule has 0 aromatic carbocycles. The van der Waals surface area contributed by atoms with Crippen molar-refractivity contribution in [2.45, 2.75) is 50.3 Å². The normalized spacial score (nSPS) is 39.1. The molecule has 0 bridgehead atoms. The van der Waals surface area contributed by atoms with Crippen molar-refractivity contribution in [1.82, 2.24) is 0 Å². The Balaban J connectivity index is 1.80. The van der Waals surface area contributed by atoms with Crippen LogP contribution in [0.15, 0.2) is 23.5 Å². The summed E-state index contributed by atoms with van der Waals surface area (Å²) >= 11 is 0. The van der Waals surface area contributed by atoms with Crippen molar-refractivity contribution in [3.8, 4) is 0 Å². The number of carboxylic acid groups (broad SMARTS) is 1. The summed E-state index contributed by atoms with van der Waals surface area (Å²) in [7, 11) is 0. The molecule has 1 saturated heterocycles. The number of allylic oxidation sites excluding steroid dienone is 1. The van der Waals surface area contributed by atoms with E-state index in [1.165, 1.54) is 6.92 Å². The Morgan fingerprint density at radius 2 is 1.90 bits per heavy atom. The van der Waals surface area contributed by atoms with E-state index in [0.29, 0.717) is 12.0 Å². The number of aliphatic carboxylic acids is 1. The van der Waals surface area contributed by atoms with Gasteiger partial charge in [0.2, 0.25) is 6.29 Å². The van der Waals surface area contributed by atoms with Crippen LogP contribution in [-0.2, 0) is 28.5 Å². The van der Waals surface area contributed by atoms with Gasteiger partial charge >= 0.3 is 11.9 Å². The summed E-state index contributed by atoms with van der Waals surface area (Å²) in [6.07, 6.45) is -5.38. The summed E-state index contributed by atoms with van der Waals surface area (Å²) in [4.78, 5) is 22.7. The Hall–Kier alpha value is -2.02. The molecule has 162 valence electrons. The summed E-state index contributed by atoms with van der Waals surface area (Å²) in [5.41, 5.74) is 0.615. The maximum Gasteiger partial charge on any atom is 0.335 e. The number of ether oxygens (including phenoxy) is 4. The van der Waals surface area contributed by atoms with Gasteiger partial charge in [0.15, 0.2) is 6.29 Å². The number of hydrogen-bond acceptors (Lipinski definition) is 10. The Bertz CT molecular complexity index is 700. The number of hydrogen-bond donors (Lipinski definition) is 5. The molecule has 0 aromatic heterocycles. The molecular weight excluding hydrogens is 392 g/mol. The molecule has 11 nitrogen and oxygen atoms in total. The lowest BCUT2D eigenvalue weighted by atomic mass is 9.83. The molecule has 2 aliphatic heterocycles. The van der Waals surface area contributed by atoms with E-state index in [2.05, 4.69) is 0 Å². The monoisotopic (exact) mass is 416 g/mol. The fourth-order valence-electron chi connectivity index (χ4n) is 3.79. The predicted molar refractivity (Wildman–Crippen MR) is 91.8 cm³/mol. The van der Waals surface area contributed by atoms with Gasteiger partial charge in [-0.25, -0.2) is 4.79 Å². The maximum absolute atomic E-state index is 11.5. The molecule has 5 N–H and O–H groups in total. The first kappa shape index (κ1) is 21.7. The van der Waals surface area contributed by atoms with E-state index < -0.39 is 67.4 Å². The predicted octanol–water partition coefficient (Wildman–Crippen LogP) is -1.75. The van der Waals surface area contributed by atoms with E-state index in [9.17, 15) is 35.1 Å². The summed E-state index contributed by atoms with van der Waals surface area (Å²) < 4.78 is 21.5. The van der Waals surface area contributed by atoms with Gasteiger partial charge in [0.05, 0.1) is 24.4 Å². The summed E-state index contributed by atoms with van der Waals surface area (Å²) in [5, 5.41) is 48.7. The largest absolute Gasteiger partial charge is 0.478 e. The molecule has 0 spiro atoms. The molecule has 0 amide bonds. The van der Waals surface area contributed by atoms with E-state index in [1.54, 1.807) is 6.08 Å². The van der Waals surface area contributed by atoms with E-state index in [-0.39, 0.29) is 12.2 Å². The van der Waals surface area contributed by atoms with Gasteiger partial charge in [-0.15, -0.1) is 0 Å².